The SMILES string of the molecule is CC(=O)Oc1cccc2c1CCCC2CCCO. The van der Waals surface area contributed by atoms with Gasteiger partial charge >= 0.3 is 5.97 Å². The fourth-order valence-electron chi connectivity index (χ4n) is 2.80. The monoisotopic (exact) mass is 248 g/mol. The number of benzene rings is 1. The van der Waals surface area contributed by atoms with E-state index in [0.717, 1.165) is 32.1 Å². The van der Waals surface area contributed by atoms with Crippen molar-refractivity contribution in [1.29, 1.82) is 0 Å². The molecule has 0 fully saturated rings. The van der Waals surface area contributed by atoms with Crippen LogP contribution >= 0.6 is 0 Å². The summed E-state index contributed by atoms with van der Waals surface area (Å²) in [6.45, 7) is 1.68. The molecule has 0 saturated heterocycles. The van der Waals surface area contributed by atoms with Crippen LogP contribution in [0.4, 0.5) is 0 Å². The summed E-state index contributed by atoms with van der Waals surface area (Å²) in [5.74, 6) is 0.950. The molecule has 0 saturated carbocycles. The van der Waals surface area contributed by atoms with Crippen molar-refractivity contribution in [2.75, 3.05) is 6.61 Å². The fraction of sp³-hybridized carbons (Fsp3) is 0.533. The molecule has 0 radical (unpaired) electrons. The topological polar surface area (TPSA) is 46.5 Å². The molecule has 0 aliphatic heterocycles. The van der Waals surface area contributed by atoms with Gasteiger partial charge < -0.3 is 9.84 Å². The molecular formula is C15H20O3. The third-order valence-electron chi connectivity index (χ3n) is 3.55. The van der Waals surface area contributed by atoms with E-state index < -0.39 is 0 Å². The van der Waals surface area contributed by atoms with Gasteiger partial charge in [-0.1, -0.05) is 12.1 Å². The van der Waals surface area contributed by atoms with Crippen LogP contribution in [0.3, 0.4) is 0 Å². The Bertz CT molecular complexity index is 426. The van der Waals surface area contributed by atoms with Crippen molar-refractivity contribution < 1.29 is 14.6 Å². The molecule has 0 heterocycles. The molecule has 0 amide bonds. The third-order valence-corrected chi connectivity index (χ3v) is 3.55. The smallest absolute Gasteiger partial charge is 0.308 e. The zero-order valence-electron chi connectivity index (χ0n) is 10.8. The highest BCUT2D eigenvalue weighted by molar-refractivity contribution is 5.70. The summed E-state index contributed by atoms with van der Waals surface area (Å²) in [7, 11) is 0. The molecular weight excluding hydrogens is 228 g/mol. The van der Waals surface area contributed by atoms with Crippen LogP contribution in [0.1, 0.15) is 49.7 Å². The molecule has 1 unspecified atom stereocenters. The minimum atomic E-state index is -0.263. The van der Waals surface area contributed by atoms with E-state index in [2.05, 4.69) is 6.07 Å². The van der Waals surface area contributed by atoms with E-state index in [1.54, 1.807) is 0 Å². The lowest BCUT2D eigenvalue weighted by Gasteiger charge is -2.26. The van der Waals surface area contributed by atoms with E-state index >= 15 is 0 Å². The van der Waals surface area contributed by atoms with Crippen molar-refractivity contribution >= 4 is 5.97 Å². The Morgan fingerprint density at radius 3 is 3.06 bits per heavy atom. The first-order valence-electron chi connectivity index (χ1n) is 6.63. The molecule has 1 atom stereocenters. The number of fused-ring (bicyclic) bond motifs is 1. The van der Waals surface area contributed by atoms with Gasteiger partial charge in [0, 0.05) is 13.5 Å². The summed E-state index contributed by atoms with van der Waals surface area (Å²) in [6, 6.07) is 5.95. The summed E-state index contributed by atoms with van der Waals surface area (Å²) in [6.07, 6.45) is 5.11. The van der Waals surface area contributed by atoms with E-state index in [1.807, 2.05) is 12.1 Å². The van der Waals surface area contributed by atoms with Gasteiger partial charge in [0.15, 0.2) is 0 Å². The molecule has 0 aromatic heterocycles. The zero-order chi connectivity index (χ0) is 13.0. The highest BCUT2D eigenvalue weighted by Gasteiger charge is 2.22. The summed E-state index contributed by atoms with van der Waals surface area (Å²) in [5.41, 5.74) is 2.48. The molecule has 0 spiro atoms. The van der Waals surface area contributed by atoms with Crippen molar-refractivity contribution in [1.82, 2.24) is 0 Å². The summed E-state index contributed by atoms with van der Waals surface area (Å²) in [4.78, 5) is 11.1. The Labute approximate surface area is 108 Å². The van der Waals surface area contributed by atoms with Gasteiger partial charge in [0.1, 0.15) is 5.75 Å². The van der Waals surface area contributed by atoms with Crippen LogP contribution in [0.5, 0.6) is 5.75 Å². The van der Waals surface area contributed by atoms with Crippen molar-refractivity contribution in [3.05, 3.63) is 29.3 Å². The molecule has 0 bridgehead atoms. The van der Waals surface area contributed by atoms with Crippen molar-refractivity contribution in [3.63, 3.8) is 0 Å². The van der Waals surface area contributed by atoms with Gasteiger partial charge in [-0.25, -0.2) is 0 Å². The lowest BCUT2D eigenvalue weighted by atomic mass is 9.80. The van der Waals surface area contributed by atoms with Crippen LogP contribution in [0.2, 0.25) is 0 Å². The average Bonchev–Trinajstić information content (AvgIpc) is 2.36. The molecule has 18 heavy (non-hydrogen) atoms. The molecule has 1 N–H and O–H groups in total. The van der Waals surface area contributed by atoms with Crippen LogP contribution in [0.25, 0.3) is 0 Å². The average molecular weight is 248 g/mol. The zero-order valence-corrected chi connectivity index (χ0v) is 10.8. The van der Waals surface area contributed by atoms with Gasteiger partial charge in [-0.3, -0.25) is 4.79 Å². The maximum Gasteiger partial charge on any atom is 0.308 e. The number of aliphatic hydroxyl groups excluding tert-OH is 1. The molecule has 1 aromatic carbocycles. The second-order valence-electron chi connectivity index (χ2n) is 4.87. The first-order valence-corrected chi connectivity index (χ1v) is 6.63. The van der Waals surface area contributed by atoms with Crippen LogP contribution in [-0.4, -0.2) is 17.7 Å². The van der Waals surface area contributed by atoms with Gasteiger partial charge in [-0.05, 0) is 55.2 Å². The van der Waals surface area contributed by atoms with Crippen molar-refractivity contribution in [2.24, 2.45) is 0 Å². The number of carbonyl (C=O) groups excluding carboxylic acids is 1. The lowest BCUT2D eigenvalue weighted by molar-refractivity contribution is -0.131. The standard InChI is InChI=1S/C15H20O3/c1-11(17)18-15-9-3-7-13-12(6-4-10-16)5-2-8-14(13)15/h3,7,9,12,16H,2,4-6,8,10H2,1H3. The van der Waals surface area contributed by atoms with E-state index in [4.69, 9.17) is 9.84 Å². The summed E-state index contributed by atoms with van der Waals surface area (Å²) in [5, 5.41) is 8.95. The van der Waals surface area contributed by atoms with Crippen LogP contribution in [0.15, 0.2) is 18.2 Å². The van der Waals surface area contributed by atoms with Crippen LogP contribution < -0.4 is 4.74 Å². The number of aliphatic hydroxyl groups is 1. The first kappa shape index (κ1) is 13.1. The second-order valence-corrected chi connectivity index (χ2v) is 4.87. The Morgan fingerprint density at radius 2 is 2.33 bits per heavy atom. The quantitative estimate of drug-likeness (QED) is 0.658. The normalized spacial score (nSPS) is 18.2. The molecule has 1 aliphatic carbocycles. The molecule has 98 valence electrons. The summed E-state index contributed by atoms with van der Waals surface area (Å²) < 4.78 is 5.28. The molecule has 3 heteroatoms. The summed E-state index contributed by atoms with van der Waals surface area (Å²) >= 11 is 0. The first-order chi connectivity index (χ1) is 8.72. The molecule has 1 aliphatic rings. The minimum absolute atomic E-state index is 0.246. The number of hydrogen-bond donors (Lipinski definition) is 1. The lowest BCUT2D eigenvalue weighted by Crippen LogP contribution is -2.13. The molecule has 3 nitrogen and oxygen atoms in total. The number of esters is 1. The predicted molar refractivity (Wildman–Crippen MR) is 69.7 cm³/mol. The molecule has 2 rings (SSSR count). The maximum atomic E-state index is 11.1. The van der Waals surface area contributed by atoms with Crippen molar-refractivity contribution in [2.45, 2.75) is 44.9 Å². The third kappa shape index (κ3) is 2.91. The van der Waals surface area contributed by atoms with E-state index in [0.29, 0.717) is 11.7 Å². The Morgan fingerprint density at radius 1 is 1.50 bits per heavy atom. The Hall–Kier alpha value is -1.35. The minimum Gasteiger partial charge on any atom is -0.426 e. The molecule has 1 aromatic rings. The van der Waals surface area contributed by atoms with E-state index in [1.165, 1.54) is 18.1 Å². The number of rotatable bonds is 4. The van der Waals surface area contributed by atoms with Gasteiger partial charge in [0.2, 0.25) is 0 Å². The van der Waals surface area contributed by atoms with Crippen molar-refractivity contribution in [3.8, 4) is 5.75 Å². The highest BCUT2D eigenvalue weighted by Crippen LogP contribution is 2.38. The number of hydrogen-bond acceptors (Lipinski definition) is 3. The number of carbonyl (C=O) groups is 1. The van der Waals surface area contributed by atoms with Gasteiger partial charge in [0.05, 0.1) is 0 Å². The van der Waals surface area contributed by atoms with E-state index in [9.17, 15) is 4.79 Å². The van der Waals surface area contributed by atoms with Crippen LogP contribution in [-0.2, 0) is 11.2 Å². The fourth-order valence-corrected chi connectivity index (χ4v) is 2.80. The van der Waals surface area contributed by atoms with Crippen LogP contribution in [0, 0.1) is 0 Å². The van der Waals surface area contributed by atoms with E-state index in [-0.39, 0.29) is 12.6 Å². The predicted octanol–water partition coefficient (Wildman–Crippen LogP) is 2.80. The Kier molecular flexibility index (Phi) is 4.37. The largest absolute Gasteiger partial charge is 0.426 e. The van der Waals surface area contributed by atoms with Gasteiger partial charge in [0.25, 0.3) is 0 Å². The Balaban J connectivity index is 2.25. The number of ether oxygens (including phenoxy) is 1. The highest BCUT2D eigenvalue weighted by atomic mass is 16.5. The van der Waals surface area contributed by atoms with Gasteiger partial charge in [-0.2, -0.15) is 0 Å². The second kappa shape index (κ2) is 6.01. The van der Waals surface area contributed by atoms with Gasteiger partial charge in [-0.15, -0.1) is 0 Å². The maximum absolute atomic E-state index is 11.1.